The molecule has 0 aliphatic heterocycles. The van der Waals surface area contributed by atoms with E-state index in [1.165, 1.54) is 11.7 Å². The molecule has 0 radical (unpaired) electrons. The molecule has 90 valence electrons. The summed E-state index contributed by atoms with van der Waals surface area (Å²) < 4.78 is 26.7. The number of alkyl halides is 2. The Morgan fingerprint density at radius 2 is 2.38 bits per heavy atom. The summed E-state index contributed by atoms with van der Waals surface area (Å²) in [7, 11) is 1.46. The molecular weight excluding hydrogens is 224 g/mol. The minimum absolute atomic E-state index is 0.194. The summed E-state index contributed by atoms with van der Waals surface area (Å²) >= 11 is 0. The van der Waals surface area contributed by atoms with E-state index in [4.69, 9.17) is 5.73 Å². The molecule has 0 bridgehead atoms. The van der Waals surface area contributed by atoms with Gasteiger partial charge in [-0.2, -0.15) is 0 Å². The molecule has 9 heteroatoms. The lowest BCUT2D eigenvalue weighted by Gasteiger charge is -2.13. The second kappa shape index (κ2) is 4.39. The fraction of sp³-hybridized carbons (Fsp3) is 0.571. The molecule has 1 aromatic heterocycles. The van der Waals surface area contributed by atoms with Crippen LogP contribution in [0, 0.1) is 10.1 Å². The van der Waals surface area contributed by atoms with Gasteiger partial charge in [0.1, 0.15) is 6.20 Å². The summed E-state index contributed by atoms with van der Waals surface area (Å²) in [4.78, 5) is 9.83. The highest BCUT2D eigenvalue weighted by Gasteiger charge is 2.28. The molecule has 0 aromatic carbocycles. The number of nitrogens with one attached hydrogen (secondary N) is 1. The molecule has 0 aliphatic rings. The van der Waals surface area contributed by atoms with E-state index >= 15 is 0 Å². The van der Waals surface area contributed by atoms with Crippen LogP contribution in [0.3, 0.4) is 0 Å². The first-order valence-corrected chi connectivity index (χ1v) is 4.35. The molecule has 16 heavy (non-hydrogen) atoms. The van der Waals surface area contributed by atoms with Crippen LogP contribution in [-0.2, 0) is 7.05 Å². The number of aromatic nitrogens is 2. The van der Waals surface area contributed by atoms with Crippen LogP contribution < -0.4 is 11.1 Å². The Morgan fingerprint density at radius 1 is 1.75 bits per heavy atom. The normalized spacial score (nSPS) is 11.5. The largest absolute Gasteiger partial charge is 0.357 e. The molecule has 0 amide bonds. The number of nitro groups is 1. The molecule has 1 aromatic rings. The smallest absolute Gasteiger partial charge is 0.330 e. The third-order valence-corrected chi connectivity index (χ3v) is 1.82. The SMILES string of the molecule is Cn1cc([N+](=O)[O-])c(NCC(F)(F)CN)n1. The highest BCUT2D eigenvalue weighted by molar-refractivity contribution is 5.54. The maximum Gasteiger partial charge on any atom is 0.330 e. The van der Waals surface area contributed by atoms with Gasteiger partial charge in [-0.25, -0.2) is 8.78 Å². The van der Waals surface area contributed by atoms with Crippen LogP contribution in [0.4, 0.5) is 20.3 Å². The molecule has 0 spiro atoms. The van der Waals surface area contributed by atoms with Crippen LogP contribution in [0.1, 0.15) is 0 Å². The van der Waals surface area contributed by atoms with Gasteiger partial charge in [-0.1, -0.05) is 0 Å². The van der Waals surface area contributed by atoms with E-state index in [9.17, 15) is 18.9 Å². The maximum absolute atomic E-state index is 12.8. The Hall–Kier alpha value is -1.77. The second-order valence-corrected chi connectivity index (χ2v) is 3.21. The molecule has 0 fully saturated rings. The zero-order valence-electron chi connectivity index (χ0n) is 8.48. The molecule has 0 atom stereocenters. The van der Waals surface area contributed by atoms with E-state index < -0.39 is 23.9 Å². The summed E-state index contributed by atoms with van der Waals surface area (Å²) in [6, 6.07) is 0. The lowest BCUT2D eigenvalue weighted by atomic mass is 10.3. The predicted octanol–water partition coefficient (Wildman–Crippen LogP) is 0.334. The summed E-state index contributed by atoms with van der Waals surface area (Å²) in [6.45, 7) is -1.62. The van der Waals surface area contributed by atoms with Gasteiger partial charge in [0.15, 0.2) is 0 Å². The number of nitrogens with zero attached hydrogens (tertiary/aromatic N) is 3. The number of halogens is 2. The summed E-state index contributed by atoms with van der Waals surface area (Å²) in [5.74, 6) is -3.31. The predicted molar refractivity (Wildman–Crippen MR) is 52.4 cm³/mol. The monoisotopic (exact) mass is 235 g/mol. The van der Waals surface area contributed by atoms with E-state index in [1.807, 2.05) is 0 Å². The number of nitrogens with two attached hydrogens (primary N) is 1. The van der Waals surface area contributed by atoms with E-state index in [1.54, 1.807) is 0 Å². The lowest BCUT2D eigenvalue weighted by Crippen LogP contribution is -2.35. The number of aryl methyl sites for hydroxylation is 1. The first-order chi connectivity index (χ1) is 7.35. The number of rotatable bonds is 5. The Kier molecular flexibility index (Phi) is 3.38. The Morgan fingerprint density at radius 3 is 2.88 bits per heavy atom. The van der Waals surface area contributed by atoms with Gasteiger partial charge >= 0.3 is 5.69 Å². The lowest BCUT2D eigenvalue weighted by molar-refractivity contribution is -0.384. The van der Waals surface area contributed by atoms with Crippen molar-refractivity contribution in [2.24, 2.45) is 12.8 Å². The third-order valence-electron chi connectivity index (χ3n) is 1.82. The summed E-state index contributed by atoms with van der Waals surface area (Å²) in [5, 5.41) is 16.4. The molecule has 0 saturated carbocycles. The number of hydrogen-bond acceptors (Lipinski definition) is 5. The van der Waals surface area contributed by atoms with Gasteiger partial charge in [-0.15, -0.1) is 5.10 Å². The highest BCUT2D eigenvalue weighted by Crippen LogP contribution is 2.22. The average Bonchev–Trinajstić information content (AvgIpc) is 2.57. The molecular formula is C7H11F2N5O2. The van der Waals surface area contributed by atoms with Gasteiger partial charge in [0.2, 0.25) is 5.82 Å². The van der Waals surface area contributed by atoms with E-state index in [0.29, 0.717) is 0 Å². The van der Waals surface area contributed by atoms with Gasteiger partial charge in [-0.05, 0) is 0 Å². The van der Waals surface area contributed by atoms with Gasteiger partial charge in [0.05, 0.1) is 18.0 Å². The Labute approximate surface area is 89.4 Å². The zero-order valence-corrected chi connectivity index (χ0v) is 8.48. The first-order valence-electron chi connectivity index (χ1n) is 4.35. The average molecular weight is 235 g/mol. The molecule has 0 aliphatic carbocycles. The van der Waals surface area contributed by atoms with Crippen molar-refractivity contribution >= 4 is 11.5 Å². The Bertz CT molecular complexity index is 392. The van der Waals surface area contributed by atoms with Crippen LogP contribution in [0.25, 0.3) is 0 Å². The quantitative estimate of drug-likeness (QED) is 0.566. The molecule has 7 nitrogen and oxygen atoms in total. The third kappa shape index (κ3) is 2.86. The topological polar surface area (TPSA) is 99.0 Å². The minimum atomic E-state index is -3.12. The van der Waals surface area contributed by atoms with Crippen LogP contribution in [0.5, 0.6) is 0 Å². The fourth-order valence-electron chi connectivity index (χ4n) is 1.02. The van der Waals surface area contributed by atoms with Crippen LogP contribution >= 0.6 is 0 Å². The van der Waals surface area contributed by atoms with Gasteiger partial charge < -0.3 is 11.1 Å². The van der Waals surface area contributed by atoms with Crippen LogP contribution in [0.2, 0.25) is 0 Å². The van der Waals surface area contributed by atoms with Gasteiger partial charge in [0, 0.05) is 7.05 Å². The van der Waals surface area contributed by atoms with Crippen LogP contribution in [-0.4, -0.2) is 33.7 Å². The van der Waals surface area contributed by atoms with E-state index in [-0.39, 0.29) is 11.5 Å². The van der Waals surface area contributed by atoms with Crippen LogP contribution in [0.15, 0.2) is 6.20 Å². The minimum Gasteiger partial charge on any atom is -0.357 e. The Balaban J connectivity index is 2.77. The maximum atomic E-state index is 12.8. The summed E-state index contributed by atoms with van der Waals surface area (Å²) in [5.41, 5.74) is 4.47. The molecule has 1 heterocycles. The number of hydrogen-bond donors (Lipinski definition) is 2. The van der Waals surface area contributed by atoms with Crippen molar-refractivity contribution in [2.75, 3.05) is 18.4 Å². The molecule has 0 saturated heterocycles. The summed E-state index contributed by atoms with van der Waals surface area (Å²) in [6.07, 6.45) is 1.13. The second-order valence-electron chi connectivity index (χ2n) is 3.21. The standard InChI is InChI=1S/C7H11F2N5O2/c1-13-2-5(14(15)16)6(12-13)11-4-7(8,9)3-10/h2H,3-4,10H2,1H3,(H,11,12). The van der Waals surface area contributed by atoms with Crippen molar-refractivity contribution in [1.29, 1.82) is 0 Å². The van der Waals surface area contributed by atoms with Crippen molar-refractivity contribution in [3.8, 4) is 0 Å². The van der Waals surface area contributed by atoms with Crippen molar-refractivity contribution in [3.63, 3.8) is 0 Å². The molecule has 3 N–H and O–H groups in total. The van der Waals surface area contributed by atoms with Gasteiger partial charge in [0.25, 0.3) is 5.92 Å². The van der Waals surface area contributed by atoms with Crippen molar-refractivity contribution in [1.82, 2.24) is 9.78 Å². The molecule has 0 unspecified atom stereocenters. The highest BCUT2D eigenvalue weighted by atomic mass is 19.3. The zero-order chi connectivity index (χ0) is 12.3. The van der Waals surface area contributed by atoms with E-state index in [0.717, 1.165) is 6.20 Å². The van der Waals surface area contributed by atoms with Crippen molar-refractivity contribution < 1.29 is 13.7 Å². The van der Waals surface area contributed by atoms with Gasteiger partial charge in [-0.3, -0.25) is 14.8 Å². The van der Waals surface area contributed by atoms with Crippen molar-refractivity contribution in [3.05, 3.63) is 16.3 Å². The first kappa shape index (κ1) is 12.3. The number of anilines is 1. The van der Waals surface area contributed by atoms with E-state index in [2.05, 4.69) is 10.4 Å². The molecule has 1 rings (SSSR count). The fourth-order valence-corrected chi connectivity index (χ4v) is 1.02. The van der Waals surface area contributed by atoms with Crippen molar-refractivity contribution in [2.45, 2.75) is 5.92 Å².